The quantitative estimate of drug-likeness (QED) is 0.169. The van der Waals surface area contributed by atoms with Crippen molar-refractivity contribution in [3.63, 3.8) is 0 Å². The van der Waals surface area contributed by atoms with E-state index < -0.39 is 61.2 Å². The highest BCUT2D eigenvalue weighted by molar-refractivity contribution is 7.89. The van der Waals surface area contributed by atoms with E-state index in [1.54, 1.807) is 66.7 Å². The van der Waals surface area contributed by atoms with E-state index in [4.69, 9.17) is 23.7 Å². The van der Waals surface area contributed by atoms with Crippen LogP contribution in [0.1, 0.15) is 73.3 Å². The normalized spacial score (nSPS) is 17.7. The SMILES string of the molecule is CCOc1ccc(-c2ccc(CNC(=O)OC(C)(C)C)cc2)cc1S(=O)(=O)N1CCC2(CC1)C[C@H](N(C[C@H](O)COc1cccc(S(=O)(=O)NC)c1)C(=O)OC(C)(C)C)CO2. The highest BCUT2D eigenvalue weighted by Gasteiger charge is 2.48. The van der Waals surface area contributed by atoms with Crippen LogP contribution in [0.3, 0.4) is 0 Å². The van der Waals surface area contributed by atoms with Crippen molar-refractivity contribution in [3.8, 4) is 22.6 Å². The molecule has 0 unspecified atom stereocenters. The molecule has 0 aliphatic carbocycles. The van der Waals surface area contributed by atoms with Crippen molar-refractivity contribution >= 4 is 32.2 Å². The van der Waals surface area contributed by atoms with Gasteiger partial charge in [0.1, 0.15) is 40.3 Å². The Morgan fingerprint density at radius 2 is 1.57 bits per heavy atom. The fourth-order valence-electron chi connectivity index (χ4n) is 7.12. The molecule has 0 aromatic heterocycles. The molecule has 336 valence electrons. The summed E-state index contributed by atoms with van der Waals surface area (Å²) in [6.45, 7) is 13.0. The maximum absolute atomic E-state index is 14.3. The number of nitrogens with zero attached hydrogens (tertiary/aromatic N) is 2. The number of piperidine rings is 1. The zero-order valence-corrected chi connectivity index (χ0v) is 37.9. The summed E-state index contributed by atoms with van der Waals surface area (Å²) in [5.41, 5.74) is 0.140. The summed E-state index contributed by atoms with van der Waals surface area (Å²) in [7, 11) is -6.44. The van der Waals surface area contributed by atoms with E-state index in [9.17, 15) is 31.5 Å². The molecule has 3 N–H and O–H groups in total. The second-order valence-corrected chi connectivity index (χ2v) is 21.0. The van der Waals surface area contributed by atoms with Gasteiger partial charge >= 0.3 is 12.2 Å². The number of hydrogen-bond acceptors (Lipinski definition) is 12. The summed E-state index contributed by atoms with van der Waals surface area (Å²) < 4.78 is 85.9. The highest BCUT2D eigenvalue weighted by Crippen LogP contribution is 2.41. The van der Waals surface area contributed by atoms with Crippen molar-refractivity contribution in [1.82, 2.24) is 19.2 Å². The van der Waals surface area contributed by atoms with Crippen LogP contribution >= 0.6 is 0 Å². The van der Waals surface area contributed by atoms with Crippen molar-refractivity contribution in [3.05, 3.63) is 72.3 Å². The molecule has 3 aromatic rings. The van der Waals surface area contributed by atoms with Gasteiger partial charge in [-0.05, 0) is 116 Å². The Morgan fingerprint density at radius 3 is 2.20 bits per heavy atom. The first-order chi connectivity index (χ1) is 28.5. The van der Waals surface area contributed by atoms with Crippen LogP contribution in [0.25, 0.3) is 11.1 Å². The molecule has 2 atom stereocenters. The molecule has 0 radical (unpaired) electrons. The standard InChI is InChI=1S/C43H60N4O12S2/c1-9-55-37-18-17-32(31-15-13-30(14-16-31)26-45-39(49)58-41(2,3)4)23-38(37)61(53,54)46-21-19-43(20-22-46)25-33(28-57-43)47(40(50)59-42(5,6)7)27-34(48)29-56-35-11-10-12-36(24-35)60(51,52)44-8/h10-18,23-24,33-34,44,48H,9,19-22,25-29H2,1-8H3,(H,45,49)/t33-,34-/m0/s1. The molecule has 61 heavy (non-hydrogen) atoms. The maximum atomic E-state index is 14.3. The molecule has 0 bridgehead atoms. The number of sulfonamides is 2. The Hall–Kier alpha value is -4.46. The number of aliphatic hydroxyl groups is 1. The molecule has 1 spiro atoms. The molecule has 3 aromatic carbocycles. The molecule has 16 nitrogen and oxygen atoms in total. The predicted octanol–water partition coefficient (Wildman–Crippen LogP) is 5.67. The van der Waals surface area contributed by atoms with Crippen LogP contribution < -0.4 is 19.5 Å². The van der Waals surface area contributed by atoms with Crippen LogP contribution in [0.15, 0.2) is 76.5 Å². The van der Waals surface area contributed by atoms with Crippen LogP contribution in [0.4, 0.5) is 9.59 Å². The second-order valence-electron chi connectivity index (χ2n) is 17.2. The fourth-order valence-corrected chi connectivity index (χ4v) is 9.49. The summed E-state index contributed by atoms with van der Waals surface area (Å²) in [5, 5.41) is 13.8. The Bertz CT molecular complexity index is 2210. The van der Waals surface area contributed by atoms with Gasteiger partial charge < -0.3 is 39.0 Å². The van der Waals surface area contributed by atoms with Gasteiger partial charge in [-0.15, -0.1) is 0 Å². The molecule has 2 aliphatic heterocycles. The number of alkyl carbamates (subject to hydrolysis) is 1. The predicted molar refractivity (Wildman–Crippen MR) is 228 cm³/mol. The van der Waals surface area contributed by atoms with E-state index >= 15 is 0 Å². The van der Waals surface area contributed by atoms with E-state index in [0.717, 1.165) is 11.1 Å². The lowest BCUT2D eigenvalue weighted by Crippen LogP contribution is -2.50. The number of nitrogens with one attached hydrogen (secondary N) is 2. The fraction of sp³-hybridized carbons (Fsp3) is 0.535. The average Bonchev–Trinajstić information content (AvgIpc) is 3.60. The summed E-state index contributed by atoms with van der Waals surface area (Å²) >= 11 is 0. The third-order valence-electron chi connectivity index (χ3n) is 10.1. The number of carbonyl (C=O) groups is 2. The molecular formula is C43H60N4O12S2. The lowest BCUT2D eigenvalue weighted by Gasteiger charge is -2.38. The number of amides is 2. The van der Waals surface area contributed by atoms with Crippen molar-refractivity contribution in [2.45, 2.75) is 113 Å². The van der Waals surface area contributed by atoms with Crippen LogP contribution in [-0.2, 0) is 40.8 Å². The topological polar surface area (TPSA) is 199 Å². The molecular weight excluding hydrogens is 829 g/mol. The maximum Gasteiger partial charge on any atom is 0.410 e. The minimum atomic E-state index is -4.03. The Labute approximate surface area is 359 Å². The minimum Gasteiger partial charge on any atom is -0.492 e. The monoisotopic (exact) mass is 888 g/mol. The van der Waals surface area contributed by atoms with Crippen molar-refractivity contribution in [2.75, 3.05) is 46.5 Å². The number of benzene rings is 3. The molecule has 18 heteroatoms. The van der Waals surface area contributed by atoms with Gasteiger partial charge in [0.15, 0.2) is 0 Å². The molecule has 2 saturated heterocycles. The highest BCUT2D eigenvalue weighted by atomic mass is 32.2. The van der Waals surface area contributed by atoms with E-state index in [1.807, 2.05) is 30.3 Å². The number of rotatable bonds is 15. The van der Waals surface area contributed by atoms with Crippen molar-refractivity contribution < 1.29 is 55.2 Å². The Morgan fingerprint density at radius 1 is 0.918 bits per heavy atom. The molecule has 2 aliphatic rings. The molecule has 5 rings (SSSR count). The first-order valence-electron chi connectivity index (χ1n) is 20.3. The van der Waals surface area contributed by atoms with Crippen molar-refractivity contribution in [2.24, 2.45) is 0 Å². The molecule has 2 amide bonds. The van der Waals surface area contributed by atoms with Gasteiger partial charge in [-0.2, -0.15) is 4.31 Å². The first-order valence-corrected chi connectivity index (χ1v) is 23.3. The first kappa shape index (κ1) is 47.6. The van der Waals surface area contributed by atoms with Gasteiger partial charge in [0.2, 0.25) is 20.0 Å². The second kappa shape index (κ2) is 19.3. The van der Waals surface area contributed by atoms with Crippen molar-refractivity contribution in [1.29, 1.82) is 0 Å². The summed E-state index contributed by atoms with van der Waals surface area (Å²) in [5.74, 6) is 0.470. The molecule has 0 saturated carbocycles. The average molecular weight is 889 g/mol. The number of aliphatic hydroxyl groups excluding tert-OH is 1. The van der Waals surface area contributed by atoms with E-state index in [-0.39, 0.29) is 67.3 Å². The summed E-state index contributed by atoms with van der Waals surface area (Å²) in [4.78, 5) is 27.2. The largest absolute Gasteiger partial charge is 0.492 e. The van der Waals surface area contributed by atoms with E-state index in [0.29, 0.717) is 24.8 Å². The lowest BCUT2D eigenvalue weighted by atomic mass is 9.88. The molecule has 2 heterocycles. The third-order valence-corrected chi connectivity index (χ3v) is 13.4. The number of hydrogen-bond donors (Lipinski definition) is 3. The van der Waals surface area contributed by atoms with Crippen LogP contribution in [0, 0.1) is 0 Å². The van der Waals surface area contributed by atoms with E-state index in [1.165, 1.54) is 34.5 Å². The van der Waals surface area contributed by atoms with Gasteiger partial charge in [0.05, 0.1) is 36.3 Å². The molecule has 2 fully saturated rings. The van der Waals surface area contributed by atoms with Gasteiger partial charge in [0, 0.05) is 25.7 Å². The van der Waals surface area contributed by atoms with Crippen LogP contribution in [-0.4, -0.2) is 119 Å². The van der Waals surface area contributed by atoms with Gasteiger partial charge in [-0.25, -0.2) is 31.1 Å². The van der Waals surface area contributed by atoms with Crippen LogP contribution in [0.5, 0.6) is 11.5 Å². The van der Waals surface area contributed by atoms with Gasteiger partial charge in [-0.3, -0.25) is 0 Å². The summed E-state index contributed by atoms with van der Waals surface area (Å²) in [6, 6.07) is 17.9. The van der Waals surface area contributed by atoms with Gasteiger partial charge in [0.25, 0.3) is 0 Å². The summed E-state index contributed by atoms with van der Waals surface area (Å²) in [6.07, 6.45) is -1.21. The zero-order chi connectivity index (χ0) is 44.8. The Kier molecular flexibility index (Phi) is 15.0. The number of carbonyl (C=O) groups excluding carboxylic acids is 2. The zero-order valence-electron chi connectivity index (χ0n) is 36.2. The Balaban J connectivity index is 1.25. The van der Waals surface area contributed by atoms with E-state index in [2.05, 4.69) is 10.0 Å². The third kappa shape index (κ3) is 12.8. The van der Waals surface area contributed by atoms with Crippen LogP contribution in [0.2, 0.25) is 0 Å². The minimum absolute atomic E-state index is 0.00219. The van der Waals surface area contributed by atoms with Gasteiger partial charge in [-0.1, -0.05) is 36.4 Å². The number of ether oxygens (including phenoxy) is 5. The lowest BCUT2D eigenvalue weighted by molar-refractivity contribution is -0.0329. The smallest absolute Gasteiger partial charge is 0.410 e.